The van der Waals surface area contributed by atoms with Crippen molar-refractivity contribution in [2.45, 2.75) is 110 Å². The molecule has 5 atom stereocenters. The van der Waals surface area contributed by atoms with Gasteiger partial charge < -0.3 is 40.5 Å². The molecule has 6 amide bonds. The number of rotatable bonds is 11. The minimum absolute atomic E-state index is 0.00452. The molecule has 1 saturated heterocycles. The van der Waals surface area contributed by atoms with E-state index in [1.165, 1.54) is 9.80 Å². The number of carbonyl (C=O) groups is 7. The molecule has 57 heavy (non-hydrogen) atoms. The Bertz CT molecular complexity index is 1790. The van der Waals surface area contributed by atoms with Gasteiger partial charge in [-0.1, -0.05) is 76.6 Å². The summed E-state index contributed by atoms with van der Waals surface area (Å²) in [6.07, 6.45) is 0.542. The normalized spacial score (nSPS) is 20.9. The number of carbonyl (C=O) groups excluding carboxylic acids is 7. The molecule has 0 saturated carbocycles. The number of nitrogens with one attached hydrogen (secondary N) is 4. The summed E-state index contributed by atoms with van der Waals surface area (Å²) in [5, 5.41) is 10.5. The van der Waals surface area contributed by atoms with Crippen LogP contribution in [0, 0.1) is 5.41 Å². The molecule has 2 unspecified atom stereocenters. The highest BCUT2D eigenvalue weighted by molar-refractivity contribution is 6.38. The van der Waals surface area contributed by atoms with Crippen LogP contribution in [0.15, 0.2) is 54.6 Å². The minimum atomic E-state index is -1.27. The highest BCUT2D eigenvalue weighted by Gasteiger charge is 2.47. The van der Waals surface area contributed by atoms with Crippen LogP contribution in [-0.2, 0) is 44.7 Å². The smallest absolute Gasteiger partial charge is 0.290 e. The van der Waals surface area contributed by atoms with Gasteiger partial charge in [0, 0.05) is 33.5 Å². The van der Waals surface area contributed by atoms with Gasteiger partial charge in [0.25, 0.3) is 5.91 Å². The molecule has 310 valence electrons. The zero-order valence-corrected chi connectivity index (χ0v) is 34.3. The van der Waals surface area contributed by atoms with Gasteiger partial charge in [-0.2, -0.15) is 0 Å². The Morgan fingerprint density at radius 2 is 1.70 bits per heavy atom. The number of benzene rings is 2. The van der Waals surface area contributed by atoms with Crippen molar-refractivity contribution in [3.05, 3.63) is 65.7 Å². The standard InChI is InChI=1S/C42H58N6O9/c1-9-14-30(35(51)38(53)43-24-33(50)45-34(39(54)47(7)8)27-16-11-10-12-17-27)44-37(52)31-23-29-25-48(31)40(55)36(41(2,3)4)46-32(49)22-26-15-13-18-28(21-26)56-20-19-42(5,6)57-29/h10-13,15-18,21,29-31,34,36H,9,14,19-20,22-25H2,1-8H3,(H,43,53)(H,44,52)(H,45,50)(H,46,49)/t29-,30?,31?,34+,36-/m1/s1. The number of ether oxygens (including phenoxy) is 2. The van der Waals surface area contributed by atoms with Gasteiger partial charge in [-0.15, -0.1) is 0 Å². The molecule has 2 aliphatic rings. The quantitative estimate of drug-likeness (QED) is 0.247. The number of amides is 6. The minimum Gasteiger partial charge on any atom is -0.493 e. The number of likely N-dealkylation sites (N-methyl/N-ethyl adjacent to an activating group) is 1. The molecule has 2 heterocycles. The summed E-state index contributed by atoms with van der Waals surface area (Å²) in [4.78, 5) is 97.2. The van der Waals surface area contributed by atoms with Crippen molar-refractivity contribution in [3.8, 4) is 5.75 Å². The van der Waals surface area contributed by atoms with Crippen LogP contribution in [0.25, 0.3) is 0 Å². The van der Waals surface area contributed by atoms with Gasteiger partial charge in [0.15, 0.2) is 0 Å². The van der Waals surface area contributed by atoms with E-state index in [2.05, 4.69) is 21.3 Å². The van der Waals surface area contributed by atoms with Crippen LogP contribution < -0.4 is 26.0 Å². The first-order valence-electron chi connectivity index (χ1n) is 19.5. The lowest BCUT2D eigenvalue weighted by Gasteiger charge is -2.36. The van der Waals surface area contributed by atoms with Gasteiger partial charge in [0.05, 0.1) is 37.3 Å². The van der Waals surface area contributed by atoms with E-state index in [1.807, 2.05) is 40.7 Å². The van der Waals surface area contributed by atoms with Crippen molar-refractivity contribution in [3.63, 3.8) is 0 Å². The second-order valence-corrected chi connectivity index (χ2v) is 16.6. The highest BCUT2D eigenvalue weighted by Crippen LogP contribution is 2.31. The summed E-state index contributed by atoms with van der Waals surface area (Å²) in [6, 6.07) is 11.4. The maximum absolute atomic E-state index is 14.5. The van der Waals surface area contributed by atoms with Gasteiger partial charge in [-0.05, 0) is 48.9 Å². The lowest BCUT2D eigenvalue weighted by Crippen LogP contribution is -2.59. The van der Waals surface area contributed by atoms with E-state index in [4.69, 9.17) is 9.47 Å². The third-order valence-corrected chi connectivity index (χ3v) is 9.96. The highest BCUT2D eigenvalue weighted by atomic mass is 16.5. The fourth-order valence-corrected chi connectivity index (χ4v) is 6.89. The predicted molar refractivity (Wildman–Crippen MR) is 212 cm³/mol. The number of hydrogen-bond donors (Lipinski definition) is 4. The Hall–Kier alpha value is -5.31. The average Bonchev–Trinajstić information content (AvgIpc) is 3.56. The van der Waals surface area contributed by atoms with Crippen molar-refractivity contribution in [2.24, 2.45) is 5.41 Å². The largest absolute Gasteiger partial charge is 0.493 e. The molecule has 1 fully saturated rings. The Labute approximate surface area is 335 Å². The molecular weight excluding hydrogens is 732 g/mol. The first-order valence-corrected chi connectivity index (χ1v) is 19.5. The van der Waals surface area contributed by atoms with Crippen LogP contribution in [0.2, 0.25) is 0 Å². The van der Waals surface area contributed by atoms with Gasteiger partial charge in [0.1, 0.15) is 23.9 Å². The topological polar surface area (TPSA) is 193 Å². The molecule has 0 radical (unpaired) electrons. The monoisotopic (exact) mass is 790 g/mol. The van der Waals surface area contributed by atoms with E-state index >= 15 is 0 Å². The number of Topliss-reactive ketones (excluding diaryl/α,β-unsaturated/α-hetero) is 1. The molecule has 0 aliphatic carbocycles. The van der Waals surface area contributed by atoms with Crippen molar-refractivity contribution in [1.29, 1.82) is 0 Å². The van der Waals surface area contributed by atoms with Gasteiger partial charge in [-0.25, -0.2) is 0 Å². The number of nitrogens with zero attached hydrogens (tertiary/aromatic N) is 2. The molecule has 15 nitrogen and oxygen atoms in total. The third kappa shape index (κ3) is 12.3. The predicted octanol–water partition coefficient (Wildman–Crippen LogP) is 2.22. The lowest BCUT2D eigenvalue weighted by molar-refractivity contribution is -0.145. The van der Waals surface area contributed by atoms with Crippen molar-refractivity contribution >= 4 is 41.2 Å². The van der Waals surface area contributed by atoms with Crippen LogP contribution in [0.4, 0.5) is 0 Å². The summed E-state index contributed by atoms with van der Waals surface area (Å²) >= 11 is 0. The van der Waals surface area contributed by atoms with Crippen LogP contribution in [0.5, 0.6) is 5.75 Å². The summed E-state index contributed by atoms with van der Waals surface area (Å²) < 4.78 is 12.5. The second-order valence-electron chi connectivity index (χ2n) is 16.6. The van der Waals surface area contributed by atoms with E-state index < -0.39 is 77.2 Å². The molecular formula is C42H58N6O9. The van der Waals surface area contributed by atoms with Gasteiger partial charge in [0.2, 0.25) is 35.3 Å². The molecule has 0 spiro atoms. The van der Waals surface area contributed by atoms with E-state index in [9.17, 15) is 33.6 Å². The van der Waals surface area contributed by atoms with Crippen LogP contribution in [0.1, 0.15) is 84.4 Å². The Morgan fingerprint density at radius 1 is 1.00 bits per heavy atom. The molecule has 4 bridgehead atoms. The third-order valence-electron chi connectivity index (χ3n) is 9.96. The maximum atomic E-state index is 14.5. The van der Waals surface area contributed by atoms with E-state index in [1.54, 1.807) is 69.6 Å². The van der Waals surface area contributed by atoms with Gasteiger partial charge >= 0.3 is 0 Å². The first-order chi connectivity index (χ1) is 26.8. The van der Waals surface area contributed by atoms with Gasteiger partial charge in [-0.3, -0.25) is 33.6 Å². The number of fused-ring (bicyclic) bond motifs is 4. The molecule has 4 rings (SSSR count). The van der Waals surface area contributed by atoms with E-state index in [0.29, 0.717) is 36.3 Å². The van der Waals surface area contributed by atoms with Crippen LogP contribution >= 0.6 is 0 Å². The Kier molecular flexibility index (Phi) is 15.0. The molecule has 0 aromatic heterocycles. The summed E-state index contributed by atoms with van der Waals surface area (Å²) in [7, 11) is 3.11. The zero-order valence-electron chi connectivity index (χ0n) is 34.3. The average molecular weight is 791 g/mol. The molecule has 15 heteroatoms. The number of ketones is 1. The second kappa shape index (κ2) is 19.2. The van der Waals surface area contributed by atoms with Crippen LogP contribution in [-0.4, -0.2) is 115 Å². The fraction of sp³-hybridized carbons (Fsp3) is 0.548. The van der Waals surface area contributed by atoms with E-state index in [0.717, 1.165) is 0 Å². The molecule has 2 aliphatic heterocycles. The lowest BCUT2D eigenvalue weighted by atomic mass is 9.85. The molecule has 2 aromatic carbocycles. The van der Waals surface area contributed by atoms with Crippen molar-refractivity contribution in [2.75, 3.05) is 33.8 Å². The van der Waals surface area contributed by atoms with Crippen LogP contribution in [0.3, 0.4) is 0 Å². The Balaban J connectivity index is 1.51. The fourth-order valence-electron chi connectivity index (χ4n) is 6.89. The SMILES string of the molecule is CCCC(NC(=O)C1C[C@@H]2CN1C(=O)[C@H](C(C)(C)C)NC(=O)Cc1cccc(c1)OCCC(C)(C)O2)C(=O)C(=O)NCC(=O)N[C@H](C(=O)N(C)C)c1ccccc1. The van der Waals surface area contributed by atoms with E-state index in [-0.39, 0.29) is 37.6 Å². The maximum Gasteiger partial charge on any atom is 0.290 e. The Morgan fingerprint density at radius 3 is 2.35 bits per heavy atom. The summed E-state index contributed by atoms with van der Waals surface area (Å²) in [5.74, 6) is -4.06. The van der Waals surface area contributed by atoms with Crippen molar-refractivity contribution < 1.29 is 43.0 Å². The zero-order chi connectivity index (χ0) is 42.1. The van der Waals surface area contributed by atoms with Crippen molar-refractivity contribution in [1.82, 2.24) is 31.1 Å². The molecule has 2 aromatic rings. The first kappa shape index (κ1) is 44.4. The summed E-state index contributed by atoms with van der Waals surface area (Å²) in [6.45, 7) is 10.8. The number of hydrogen-bond acceptors (Lipinski definition) is 9. The molecule has 4 N–H and O–H groups in total. The summed E-state index contributed by atoms with van der Waals surface area (Å²) in [5.41, 5.74) is -0.214.